The van der Waals surface area contributed by atoms with Crippen molar-refractivity contribution in [2.75, 3.05) is 27.2 Å². The molecule has 4 atom stereocenters. The lowest BCUT2D eigenvalue weighted by Gasteiger charge is -2.26. The van der Waals surface area contributed by atoms with Gasteiger partial charge in [0.2, 0.25) is 5.91 Å². The summed E-state index contributed by atoms with van der Waals surface area (Å²) in [6.45, 7) is 6.89. The molecule has 1 fully saturated rings. The first-order valence-corrected chi connectivity index (χ1v) is 11.2. The number of carbonyl (C=O) groups is 3. The van der Waals surface area contributed by atoms with Gasteiger partial charge >= 0.3 is 6.09 Å². The van der Waals surface area contributed by atoms with E-state index in [1.165, 1.54) is 11.3 Å². The van der Waals surface area contributed by atoms with E-state index >= 15 is 0 Å². The number of Topliss-reactive ketones (excluding diaryl/α,β-unsaturated/α-hetero) is 1. The van der Waals surface area contributed by atoms with E-state index in [4.69, 9.17) is 9.47 Å². The Balaban J connectivity index is 2.04. The van der Waals surface area contributed by atoms with E-state index in [9.17, 15) is 14.4 Å². The second kappa shape index (κ2) is 11.4. The minimum absolute atomic E-state index is 0.0102. The standard InChI is InChI=1S/C21H33N3O5S/c1-13(2)14(3)10-16(22-21(27)29-15-7-9-30-12-15)20(26)23-19-17(25)11-28-18(19)6-8-24(4)5/h7,9,12-14,16,18-19H,6,8,10-11H2,1-5H3,(H,22,27)(H,23,26)/t14?,16-,18?,19?/m0/s1. The van der Waals surface area contributed by atoms with Crippen LogP contribution in [0.3, 0.4) is 0 Å². The molecule has 2 rings (SSSR count). The Morgan fingerprint density at radius 3 is 2.67 bits per heavy atom. The lowest BCUT2D eigenvalue weighted by atomic mass is 9.90. The molecule has 1 aromatic rings. The predicted molar refractivity (Wildman–Crippen MR) is 116 cm³/mol. The number of carbonyl (C=O) groups excluding carboxylic acids is 3. The van der Waals surface area contributed by atoms with Gasteiger partial charge in [-0.15, -0.1) is 11.3 Å². The highest BCUT2D eigenvalue weighted by Crippen LogP contribution is 2.19. The molecular formula is C21H33N3O5S. The molecule has 2 N–H and O–H groups in total. The number of thiophene rings is 1. The van der Waals surface area contributed by atoms with Gasteiger partial charge in [-0.25, -0.2) is 4.79 Å². The Labute approximate surface area is 182 Å². The highest BCUT2D eigenvalue weighted by atomic mass is 32.1. The van der Waals surface area contributed by atoms with E-state index < -0.39 is 24.1 Å². The molecule has 1 saturated heterocycles. The molecule has 3 unspecified atom stereocenters. The second-order valence-electron chi connectivity index (χ2n) is 8.40. The number of hydrogen-bond acceptors (Lipinski definition) is 7. The van der Waals surface area contributed by atoms with Crippen molar-refractivity contribution >= 4 is 29.1 Å². The molecule has 2 amide bonds. The quantitative estimate of drug-likeness (QED) is 0.581. The summed E-state index contributed by atoms with van der Waals surface area (Å²) < 4.78 is 10.8. The van der Waals surface area contributed by atoms with Crippen molar-refractivity contribution in [2.24, 2.45) is 11.8 Å². The van der Waals surface area contributed by atoms with E-state index in [1.54, 1.807) is 16.8 Å². The summed E-state index contributed by atoms with van der Waals surface area (Å²) in [5.41, 5.74) is 0. The zero-order valence-corrected chi connectivity index (χ0v) is 19.2. The number of rotatable bonds is 10. The third-order valence-corrected chi connectivity index (χ3v) is 6.04. The van der Waals surface area contributed by atoms with Gasteiger partial charge in [0.15, 0.2) is 5.78 Å². The van der Waals surface area contributed by atoms with Gasteiger partial charge < -0.3 is 25.0 Å². The molecule has 0 spiro atoms. The molecule has 168 valence electrons. The monoisotopic (exact) mass is 439 g/mol. The Hall–Kier alpha value is -1.97. The zero-order valence-electron chi connectivity index (χ0n) is 18.3. The van der Waals surface area contributed by atoms with Crippen molar-refractivity contribution in [3.05, 3.63) is 16.8 Å². The van der Waals surface area contributed by atoms with Crippen LogP contribution in [-0.4, -0.2) is 68.1 Å². The number of hydrogen-bond donors (Lipinski definition) is 2. The fourth-order valence-corrected chi connectivity index (χ4v) is 3.66. The van der Waals surface area contributed by atoms with Gasteiger partial charge in [-0.1, -0.05) is 20.8 Å². The van der Waals surface area contributed by atoms with Crippen LogP contribution < -0.4 is 15.4 Å². The molecule has 1 aliphatic rings. The van der Waals surface area contributed by atoms with Gasteiger partial charge in [-0.3, -0.25) is 9.59 Å². The van der Waals surface area contributed by atoms with Crippen molar-refractivity contribution in [3.63, 3.8) is 0 Å². The highest BCUT2D eigenvalue weighted by Gasteiger charge is 2.38. The van der Waals surface area contributed by atoms with Crippen LogP contribution in [0.2, 0.25) is 0 Å². The lowest BCUT2D eigenvalue weighted by molar-refractivity contribution is -0.128. The van der Waals surface area contributed by atoms with Crippen molar-refractivity contribution in [1.29, 1.82) is 0 Å². The largest absolute Gasteiger partial charge is 0.413 e. The fourth-order valence-electron chi connectivity index (χ4n) is 3.11. The molecule has 30 heavy (non-hydrogen) atoms. The number of nitrogens with zero attached hydrogens (tertiary/aromatic N) is 1. The lowest BCUT2D eigenvalue weighted by Crippen LogP contribution is -2.54. The predicted octanol–water partition coefficient (Wildman–Crippen LogP) is 2.29. The van der Waals surface area contributed by atoms with Crippen LogP contribution in [0.4, 0.5) is 4.79 Å². The third kappa shape index (κ3) is 7.37. The Morgan fingerprint density at radius 2 is 2.07 bits per heavy atom. The van der Waals surface area contributed by atoms with Crippen molar-refractivity contribution in [2.45, 2.75) is 51.8 Å². The van der Waals surface area contributed by atoms with Crippen LogP contribution in [0.15, 0.2) is 16.8 Å². The Bertz CT molecular complexity index is 708. The second-order valence-corrected chi connectivity index (χ2v) is 9.18. The van der Waals surface area contributed by atoms with Gasteiger partial charge in [-0.05, 0) is 50.2 Å². The maximum Gasteiger partial charge on any atom is 0.413 e. The number of ketones is 1. The van der Waals surface area contributed by atoms with Gasteiger partial charge in [-0.2, -0.15) is 0 Å². The summed E-state index contributed by atoms with van der Waals surface area (Å²) >= 11 is 1.41. The molecule has 2 heterocycles. The zero-order chi connectivity index (χ0) is 22.3. The van der Waals surface area contributed by atoms with E-state index in [0.717, 1.165) is 6.54 Å². The van der Waals surface area contributed by atoms with E-state index in [2.05, 4.69) is 24.5 Å². The smallest absolute Gasteiger partial charge is 0.409 e. The number of ether oxygens (including phenoxy) is 2. The molecule has 1 aliphatic heterocycles. The average molecular weight is 440 g/mol. The summed E-state index contributed by atoms with van der Waals surface area (Å²) in [4.78, 5) is 39.6. The van der Waals surface area contributed by atoms with Crippen molar-refractivity contribution in [3.8, 4) is 5.75 Å². The SMILES string of the molecule is CC(C)C(C)C[C@H](NC(=O)Oc1ccsc1)C(=O)NC1C(=O)COC1CCN(C)C. The van der Waals surface area contributed by atoms with Crippen LogP contribution in [-0.2, 0) is 14.3 Å². The topological polar surface area (TPSA) is 97.0 Å². The molecule has 0 saturated carbocycles. The van der Waals surface area contributed by atoms with Crippen LogP contribution in [0.25, 0.3) is 0 Å². The summed E-state index contributed by atoms with van der Waals surface area (Å²) in [6.07, 6.45) is 0.00366. The first-order valence-electron chi connectivity index (χ1n) is 10.3. The fraction of sp³-hybridized carbons (Fsp3) is 0.667. The summed E-state index contributed by atoms with van der Waals surface area (Å²) in [7, 11) is 3.88. The highest BCUT2D eigenvalue weighted by molar-refractivity contribution is 7.08. The number of amides is 2. The van der Waals surface area contributed by atoms with Gasteiger partial charge in [0.05, 0.1) is 6.10 Å². The van der Waals surface area contributed by atoms with Gasteiger partial charge in [0, 0.05) is 11.9 Å². The van der Waals surface area contributed by atoms with Crippen LogP contribution in [0, 0.1) is 11.8 Å². The first kappa shape index (κ1) is 24.3. The van der Waals surface area contributed by atoms with E-state index in [-0.39, 0.29) is 24.4 Å². The first-order chi connectivity index (χ1) is 14.2. The Kier molecular flexibility index (Phi) is 9.26. The molecule has 8 nitrogen and oxygen atoms in total. The molecule has 0 aliphatic carbocycles. The Morgan fingerprint density at radius 1 is 1.33 bits per heavy atom. The van der Waals surface area contributed by atoms with Crippen LogP contribution in [0.1, 0.15) is 33.6 Å². The molecule has 9 heteroatoms. The van der Waals surface area contributed by atoms with E-state index in [0.29, 0.717) is 24.5 Å². The third-order valence-electron chi connectivity index (χ3n) is 5.38. The van der Waals surface area contributed by atoms with Crippen molar-refractivity contribution in [1.82, 2.24) is 15.5 Å². The maximum atomic E-state index is 13.0. The molecule has 0 bridgehead atoms. The molecular weight excluding hydrogens is 406 g/mol. The molecule has 0 radical (unpaired) electrons. The average Bonchev–Trinajstić information content (AvgIpc) is 3.29. The molecule has 1 aromatic heterocycles. The summed E-state index contributed by atoms with van der Waals surface area (Å²) in [6, 6.07) is 0.167. The normalized spacial score (nSPS) is 21.0. The minimum Gasteiger partial charge on any atom is -0.409 e. The van der Waals surface area contributed by atoms with Crippen LogP contribution >= 0.6 is 11.3 Å². The maximum absolute atomic E-state index is 13.0. The van der Waals surface area contributed by atoms with Crippen LogP contribution in [0.5, 0.6) is 5.75 Å². The summed E-state index contributed by atoms with van der Waals surface area (Å²) in [5.74, 6) is 0.394. The van der Waals surface area contributed by atoms with Crippen molar-refractivity contribution < 1.29 is 23.9 Å². The summed E-state index contributed by atoms with van der Waals surface area (Å²) in [5, 5.41) is 8.98. The molecule has 0 aromatic carbocycles. The number of nitrogens with one attached hydrogen (secondary N) is 2. The van der Waals surface area contributed by atoms with E-state index in [1.807, 2.05) is 25.9 Å². The van der Waals surface area contributed by atoms with Gasteiger partial charge in [0.25, 0.3) is 0 Å². The minimum atomic E-state index is -0.809. The van der Waals surface area contributed by atoms with Gasteiger partial charge in [0.1, 0.15) is 24.4 Å².